The molecule has 1 aliphatic heterocycles. The van der Waals surface area contributed by atoms with E-state index in [1.165, 1.54) is 5.56 Å². The minimum absolute atomic E-state index is 0.284. The molecular weight excluding hydrogens is 162 g/mol. The summed E-state index contributed by atoms with van der Waals surface area (Å²) in [5, 5.41) is 12.0. The maximum atomic E-state index is 12.0. The predicted molar refractivity (Wildman–Crippen MR) is 56.2 cm³/mol. The lowest BCUT2D eigenvalue weighted by Gasteiger charge is -2.40. The molecule has 1 unspecified atom stereocenters. The van der Waals surface area contributed by atoms with E-state index < -0.39 is 0 Å². The van der Waals surface area contributed by atoms with Crippen LogP contribution in [0.3, 0.4) is 0 Å². The van der Waals surface area contributed by atoms with Crippen LogP contribution in [0.5, 0.6) is 0 Å². The van der Waals surface area contributed by atoms with Crippen LogP contribution in [0.2, 0.25) is 0 Å². The average Bonchev–Trinajstić information content (AvgIpc) is 2.06. The number of nitrogens with zero attached hydrogens (tertiary/aromatic N) is 1. The normalized spacial score (nSPS) is 25.8. The van der Waals surface area contributed by atoms with Gasteiger partial charge in [-0.2, -0.15) is 0 Å². The van der Waals surface area contributed by atoms with Crippen molar-refractivity contribution in [2.45, 2.75) is 6.92 Å². The smallest absolute Gasteiger partial charge is 0.140 e. The van der Waals surface area contributed by atoms with Gasteiger partial charge < -0.3 is 9.85 Å². The molecule has 13 heavy (non-hydrogen) atoms. The fraction of sp³-hybridized carbons (Fsp3) is 0.273. The van der Waals surface area contributed by atoms with Crippen molar-refractivity contribution in [3.05, 3.63) is 40.6 Å². The first-order chi connectivity index (χ1) is 6.11. The number of rotatable bonds is 0. The summed E-state index contributed by atoms with van der Waals surface area (Å²) in [6.07, 6.45) is 3.99. The van der Waals surface area contributed by atoms with E-state index in [2.05, 4.69) is 0 Å². The van der Waals surface area contributed by atoms with Crippen LogP contribution < -0.4 is 4.65 Å². The SMILES string of the molecule is Cc1cccc2c1C=CC[N+]2(C)[O-]. The standard InChI is InChI=1S/C11H13NO/c1-9-5-3-7-11-10(9)6-4-8-12(11,2)13/h3-7H,8H2,1-2H3. The zero-order valence-electron chi connectivity index (χ0n) is 7.95. The Labute approximate surface area is 78.3 Å². The molecule has 0 saturated heterocycles. The van der Waals surface area contributed by atoms with E-state index in [1.54, 1.807) is 7.05 Å². The fourth-order valence-electron chi connectivity index (χ4n) is 1.76. The third-order valence-corrected chi connectivity index (χ3v) is 2.55. The second-order valence-corrected chi connectivity index (χ2v) is 3.69. The molecule has 1 aromatic carbocycles. The zero-order chi connectivity index (χ0) is 9.47. The van der Waals surface area contributed by atoms with Crippen LogP contribution in [0, 0.1) is 12.1 Å². The molecule has 0 N–H and O–H groups in total. The number of hydroxylamine groups is 2. The number of likely N-dealkylation sites (N-methyl/N-ethyl adjacent to an activating group) is 1. The quantitative estimate of drug-likeness (QED) is 0.438. The van der Waals surface area contributed by atoms with Crippen molar-refractivity contribution in [3.8, 4) is 0 Å². The van der Waals surface area contributed by atoms with Crippen molar-refractivity contribution in [2.24, 2.45) is 0 Å². The van der Waals surface area contributed by atoms with Crippen LogP contribution in [-0.2, 0) is 0 Å². The molecule has 68 valence electrons. The number of fused-ring (bicyclic) bond motifs is 1. The highest BCUT2D eigenvalue weighted by Crippen LogP contribution is 2.31. The first-order valence-corrected chi connectivity index (χ1v) is 4.44. The van der Waals surface area contributed by atoms with Gasteiger partial charge in [0.05, 0.1) is 7.05 Å². The Morgan fingerprint density at radius 2 is 2.15 bits per heavy atom. The minimum atomic E-state index is -0.284. The molecule has 0 saturated carbocycles. The van der Waals surface area contributed by atoms with E-state index in [-0.39, 0.29) is 4.65 Å². The van der Waals surface area contributed by atoms with Crippen LogP contribution in [0.4, 0.5) is 5.69 Å². The summed E-state index contributed by atoms with van der Waals surface area (Å²) in [7, 11) is 1.70. The molecule has 0 amide bonds. The topological polar surface area (TPSA) is 23.1 Å². The Morgan fingerprint density at radius 3 is 2.85 bits per heavy atom. The molecule has 2 nitrogen and oxygen atoms in total. The minimum Gasteiger partial charge on any atom is -0.627 e. The van der Waals surface area contributed by atoms with Crippen LogP contribution in [0.25, 0.3) is 6.08 Å². The molecule has 2 rings (SSSR count). The van der Waals surface area contributed by atoms with Gasteiger partial charge in [-0.15, -0.1) is 0 Å². The summed E-state index contributed by atoms with van der Waals surface area (Å²) in [5.74, 6) is 0. The van der Waals surface area contributed by atoms with Crippen LogP contribution in [-0.4, -0.2) is 13.6 Å². The molecule has 0 aromatic heterocycles. The van der Waals surface area contributed by atoms with Crippen LogP contribution >= 0.6 is 0 Å². The van der Waals surface area contributed by atoms with Crippen LogP contribution in [0.15, 0.2) is 24.3 Å². The summed E-state index contributed by atoms with van der Waals surface area (Å²) >= 11 is 0. The largest absolute Gasteiger partial charge is 0.627 e. The molecule has 1 heterocycles. The first kappa shape index (κ1) is 8.48. The molecule has 0 aliphatic carbocycles. The highest BCUT2D eigenvalue weighted by Gasteiger charge is 2.20. The fourth-order valence-corrected chi connectivity index (χ4v) is 1.76. The lowest BCUT2D eigenvalue weighted by Crippen LogP contribution is -2.40. The molecule has 0 spiro atoms. The van der Waals surface area contributed by atoms with E-state index in [1.807, 2.05) is 37.3 Å². The maximum Gasteiger partial charge on any atom is 0.140 e. The molecule has 1 aromatic rings. The Kier molecular flexibility index (Phi) is 1.75. The number of quaternary nitrogens is 1. The van der Waals surface area contributed by atoms with Gasteiger partial charge >= 0.3 is 0 Å². The van der Waals surface area contributed by atoms with Crippen LogP contribution in [0.1, 0.15) is 11.1 Å². The summed E-state index contributed by atoms with van der Waals surface area (Å²) in [6.45, 7) is 2.57. The Bertz CT molecular complexity index is 366. The molecule has 2 heteroatoms. The molecule has 1 atom stereocenters. The zero-order valence-corrected chi connectivity index (χ0v) is 7.95. The number of hydrogen-bond acceptors (Lipinski definition) is 1. The van der Waals surface area contributed by atoms with E-state index in [0.29, 0.717) is 6.54 Å². The number of hydrogen-bond donors (Lipinski definition) is 0. The van der Waals surface area contributed by atoms with Gasteiger partial charge in [0, 0.05) is 11.6 Å². The molecule has 0 fully saturated rings. The lowest BCUT2D eigenvalue weighted by atomic mass is 10.0. The molecular formula is C11H13NO. The van der Waals surface area contributed by atoms with Gasteiger partial charge in [-0.25, -0.2) is 0 Å². The van der Waals surface area contributed by atoms with Gasteiger partial charge in [-0.05, 0) is 24.6 Å². The van der Waals surface area contributed by atoms with Crippen molar-refractivity contribution in [1.29, 1.82) is 0 Å². The Morgan fingerprint density at radius 1 is 1.38 bits per heavy atom. The van der Waals surface area contributed by atoms with E-state index in [9.17, 15) is 5.21 Å². The second kappa shape index (κ2) is 2.69. The van der Waals surface area contributed by atoms with Gasteiger partial charge in [0.2, 0.25) is 0 Å². The van der Waals surface area contributed by atoms with Crippen molar-refractivity contribution in [1.82, 2.24) is 4.65 Å². The third kappa shape index (κ3) is 1.28. The highest BCUT2D eigenvalue weighted by molar-refractivity contribution is 5.71. The lowest BCUT2D eigenvalue weighted by molar-refractivity contribution is 0.489. The monoisotopic (exact) mass is 175 g/mol. The van der Waals surface area contributed by atoms with Crippen molar-refractivity contribution in [2.75, 3.05) is 13.6 Å². The summed E-state index contributed by atoms with van der Waals surface area (Å²) in [6, 6.07) is 5.90. The third-order valence-electron chi connectivity index (χ3n) is 2.55. The Hall–Kier alpha value is -1.12. The van der Waals surface area contributed by atoms with Gasteiger partial charge in [0.15, 0.2) is 0 Å². The van der Waals surface area contributed by atoms with Crippen molar-refractivity contribution >= 4 is 11.8 Å². The molecule has 0 bridgehead atoms. The highest BCUT2D eigenvalue weighted by atomic mass is 16.5. The molecule has 0 radical (unpaired) electrons. The number of aryl methyl sites for hydroxylation is 1. The average molecular weight is 175 g/mol. The van der Waals surface area contributed by atoms with E-state index >= 15 is 0 Å². The molecule has 1 aliphatic rings. The summed E-state index contributed by atoms with van der Waals surface area (Å²) in [4.78, 5) is 0. The summed E-state index contributed by atoms with van der Waals surface area (Å²) in [5.41, 5.74) is 3.14. The first-order valence-electron chi connectivity index (χ1n) is 4.44. The van der Waals surface area contributed by atoms with Crippen molar-refractivity contribution in [3.63, 3.8) is 0 Å². The van der Waals surface area contributed by atoms with E-state index in [4.69, 9.17) is 0 Å². The van der Waals surface area contributed by atoms with Gasteiger partial charge in [0.1, 0.15) is 12.2 Å². The van der Waals surface area contributed by atoms with Gasteiger partial charge in [0.25, 0.3) is 0 Å². The predicted octanol–water partition coefficient (Wildman–Crippen LogP) is 2.46. The van der Waals surface area contributed by atoms with Gasteiger partial charge in [-0.1, -0.05) is 12.1 Å². The summed E-state index contributed by atoms with van der Waals surface area (Å²) < 4.78 is -0.284. The number of benzene rings is 1. The Balaban J connectivity index is 2.67. The van der Waals surface area contributed by atoms with E-state index in [0.717, 1.165) is 11.3 Å². The van der Waals surface area contributed by atoms with Crippen molar-refractivity contribution < 1.29 is 0 Å². The maximum absolute atomic E-state index is 12.0. The second-order valence-electron chi connectivity index (χ2n) is 3.69. The van der Waals surface area contributed by atoms with Gasteiger partial charge in [-0.3, -0.25) is 0 Å².